The van der Waals surface area contributed by atoms with Crippen LogP contribution < -0.4 is 9.47 Å². The van der Waals surface area contributed by atoms with Crippen LogP contribution in [0.3, 0.4) is 0 Å². The molecule has 0 radical (unpaired) electrons. The Hall–Kier alpha value is -1.91. The summed E-state index contributed by atoms with van der Waals surface area (Å²) in [5.74, 6) is 0.208. The predicted octanol–water partition coefficient (Wildman–Crippen LogP) is 7.26. The minimum absolute atomic E-state index is 0.0224. The Labute approximate surface area is 176 Å². The van der Waals surface area contributed by atoms with Crippen molar-refractivity contribution in [3.8, 4) is 17.2 Å². The van der Waals surface area contributed by atoms with Crippen molar-refractivity contribution in [1.29, 1.82) is 0 Å². The second kappa shape index (κ2) is 15.0. The van der Waals surface area contributed by atoms with Crippen molar-refractivity contribution in [2.45, 2.75) is 104 Å². The van der Waals surface area contributed by atoms with Crippen molar-refractivity contribution in [2.24, 2.45) is 0 Å². The summed E-state index contributed by atoms with van der Waals surface area (Å²) < 4.78 is 10.9. The maximum Gasteiger partial charge on any atom is 0.511 e. The molecule has 2 N–H and O–H groups in total. The van der Waals surface area contributed by atoms with Gasteiger partial charge < -0.3 is 19.7 Å². The summed E-state index contributed by atoms with van der Waals surface area (Å²) in [6, 6.07) is 1.70. The maximum absolute atomic E-state index is 11.1. The summed E-state index contributed by atoms with van der Waals surface area (Å²) in [5, 5.41) is 19.8. The molecule has 0 aromatic heterocycles. The smallest absolute Gasteiger partial charge is 0.502 e. The van der Waals surface area contributed by atoms with Crippen LogP contribution in [-0.4, -0.2) is 23.0 Å². The van der Waals surface area contributed by atoms with E-state index in [1.54, 1.807) is 6.07 Å². The van der Waals surface area contributed by atoms with E-state index in [0.29, 0.717) is 12.4 Å². The second-order valence-electron chi connectivity index (χ2n) is 7.73. The largest absolute Gasteiger partial charge is 0.511 e. The number of phenolic OH excluding ortho intramolecular Hbond substituents is 1. The number of unbranched alkanes of at least 4 members (excludes halogenated alkanes) is 8. The van der Waals surface area contributed by atoms with Crippen LogP contribution in [0.4, 0.5) is 4.79 Å². The lowest BCUT2D eigenvalue weighted by Gasteiger charge is -2.19. The van der Waals surface area contributed by atoms with Crippen LogP contribution in [0.5, 0.6) is 17.2 Å². The Balaban J connectivity index is 3.16. The fourth-order valence-corrected chi connectivity index (χ4v) is 3.54. The third kappa shape index (κ3) is 9.42. The zero-order chi connectivity index (χ0) is 21.5. The molecule has 166 valence electrons. The lowest BCUT2D eigenvalue weighted by molar-refractivity contribution is 0.142. The Morgan fingerprint density at radius 3 is 2.03 bits per heavy atom. The molecule has 29 heavy (non-hydrogen) atoms. The first-order chi connectivity index (χ1) is 14.0. The third-order valence-corrected chi connectivity index (χ3v) is 5.19. The van der Waals surface area contributed by atoms with E-state index in [1.165, 1.54) is 25.7 Å². The van der Waals surface area contributed by atoms with Crippen LogP contribution in [0.15, 0.2) is 6.07 Å². The quantitative estimate of drug-likeness (QED) is 0.171. The predicted molar refractivity (Wildman–Crippen MR) is 117 cm³/mol. The van der Waals surface area contributed by atoms with Gasteiger partial charge in [-0.2, -0.15) is 0 Å². The van der Waals surface area contributed by atoms with Crippen molar-refractivity contribution in [3.63, 3.8) is 0 Å². The lowest BCUT2D eigenvalue weighted by atomic mass is 9.94. The minimum atomic E-state index is -1.43. The monoisotopic (exact) mass is 408 g/mol. The molecule has 0 aliphatic heterocycles. The Morgan fingerprint density at radius 1 is 0.862 bits per heavy atom. The molecule has 0 bridgehead atoms. The van der Waals surface area contributed by atoms with E-state index in [0.717, 1.165) is 68.9 Å². The van der Waals surface area contributed by atoms with E-state index in [-0.39, 0.29) is 11.5 Å². The van der Waals surface area contributed by atoms with Gasteiger partial charge in [-0.05, 0) is 43.7 Å². The fourth-order valence-electron chi connectivity index (χ4n) is 3.54. The van der Waals surface area contributed by atoms with Gasteiger partial charge in [0.25, 0.3) is 0 Å². The third-order valence-electron chi connectivity index (χ3n) is 5.19. The van der Waals surface area contributed by atoms with Crippen LogP contribution in [0.1, 0.15) is 103 Å². The van der Waals surface area contributed by atoms with Gasteiger partial charge in [0.2, 0.25) is 5.75 Å². The molecule has 1 aromatic carbocycles. The van der Waals surface area contributed by atoms with E-state index < -0.39 is 6.16 Å². The normalized spacial score (nSPS) is 10.9. The molecule has 0 atom stereocenters. The number of aromatic hydroxyl groups is 1. The van der Waals surface area contributed by atoms with Crippen LogP contribution >= 0.6 is 0 Å². The lowest BCUT2D eigenvalue weighted by Crippen LogP contribution is -2.08. The molecule has 0 heterocycles. The highest BCUT2D eigenvalue weighted by atomic mass is 16.7. The van der Waals surface area contributed by atoms with Crippen LogP contribution in [-0.2, 0) is 12.8 Å². The Morgan fingerprint density at radius 2 is 1.45 bits per heavy atom. The number of hydrogen-bond acceptors (Lipinski definition) is 4. The van der Waals surface area contributed by atoms with Crippen molar-refractivity contribution in [1.82, 2.24) is 0 Å². The molecule has 0 saturated carbocycles. The van der Waals surface area contributed by atoms with Gasteiger partial charge in [0.1, 0.15) is 0 Å². The van der Waals surface area contributed by atoms with Crippen molar-refractivity contribution < 1.29 is 24.5 Å². The first-order valence-corrected chi connectivity index (χ1v) is 11.5. The summed E-state index contributed by atoms with van der Waals surface area (Å²) in [6.07, 6.45) is 12.3. The van der Waals surface area contributed by atoms with Crippen LogP contribution in [0.2, 0.25) is 0 Å². The van der Waals surface area contributed by atoms with Crippen molar-refractivity contribution >= 4 is 6.16 Å². The number of aryl methyl sites for hydroxylation is 1. The van der Waals surface area contributed by atoms with Gasteiger partial charge in [-0.25, -0.2) is 4.79 Å². The topological polar surface area (TPSA) is 76.0 Å². The zero-order valence-electron chi connectivity index (χ0n) is 18.6. The molecule has 5 nitrogen and oxygen atoms in total. The summed E-state index contributed by atoms with van der Waals surface area (Å²) in [7, 11) is 0. The summed E-state index contributed by atoms with van der Waals surface area (Å²) in [4.78, 5) is 11.1. The Bertz CT molecular complexity index is 597. The molecule has 1 aromatic rings. The van der Waals surface area contributed by atoms with E-state index in [9.17, 15) is 9.90 Å². The molecule has 0 saturated heterocycles. The van der Waals surface area contributed by atoms with Gasteiger partial charge in [0.05, 0.1) is 6.61 Å². The average molecular weight is 409 g/mol. The molecule has 0 amide bonds. The minimum Gasteiger partial charge on any atom is -0.502 e. The number of hydrogen-bond donors (Lipinski definition) is 2. The zero-order valence-corrected chi connectivity index (χ0v) is 18.6. The summed E-state index contributed by atoms with van der Waals surface area (Å²) in [6.45, 7) is 7.01. The van der Waals surface area contributed by atoms with E-state index >= 15 is 0 Å². The van der Waals surface area contributed by atoms with E-state index in [4.69, 9.17) is 14.6 Å². The number of carboxylic acid groups (broad SMARTS) is 1. The first kappa shape index (κ1) is 25.1. The number of carbonyl (C=O) groups is 1. The van der Waals surface area contributed by atoms with Crippen LogP contribution in [0.25, 0.3) is 0 Å². The summed E-state index contributed by atoms with van der Waals surface area (Å²) in [5.41, 5.74) is 2.06. The van der Waals surface area contributed by atoms with Gasteiger partial charge >= 0.3 is 6.16 Å². The number of benzene rings is 1. The molecule has 1 rings (SSSR count). The standard InChI is InChI=1S/C24H40O5/c1-4-7-10-12-15-19-18-21(29-24(26)27)22(25)23(28-17-14-9-6-3)20(19)16-13-11-8-5-2/h18,25H,4-17H2,1-3H3,(H,26,27). The number of phenols is 1. The van der Waals surface area contributed by atoms with E-state index in [1.807, 2.05) is 0 Å². The molecule has 0 aliphatic carbocycles. The molecular weight excluding hydrogens is 368 g/mol. The average Bonchev–Trinajstić information content (AvgIpc) is 2.69. The fraction of sp³-hybridized carbons (Fsp3) is 0.708. The van der Waals surface area contributed by atoms with Gasteiger partial charge in [0, 0.05) is 5.56 Å². The molecule has 0 unspecified atom stereocenters. The van der Waals surface area contributed by atoms with Gasteiger partial charge in [-0.15, -0.1) is 0 Å². The molecule has 0 fully saturated rings. The SMILES string of the molecule is CCCCCCc1cc(OC(=O)O)c(O)c(OCCCCC)c1CCCCCC. The first-order valence-electron chi connectivity index (χ1n) is 11.5. The van der Waals surface area contributed by atoms with Gasteiger partial charge in [-0.1, -0.05) is 72.1 Å². The number of rotatable bonds is 16. The highest BCUT2D eigenvalue weighted by Crippen LogP contribution is 2.43. The molecular formula is C24H40O5. The van der Waals surface area contributed by atoms with Crippen LogP contribution in [0, 0.1) is 0 Å². The van der Waals surface area contributed by atoms with Crippen molar-refractivity contribution in [3.05, 3.63) is 17.2 Å². The van der Waals surface area contributed by atoms with Gasteiger partial charge in [-0.3, -0.25) is 0 Å². The van der Waals surface area contributed by atoms with Gasteiger partial charge in [0.15, 0.2) is 11.5 Å². The number of ether oxygens (including phenoxy) is 2. The van der Waals surface area contributed by atoms with E-state index in [2.05, 4.69) is 20.8 Å². The Kier molecular flexibility index (Phi) is 13.0. The highest BCUT2D eigenvalue weighted by molar-refractivity contribution is 5.66. The highest BCUT2D eigenvalue weighted by Gasteiger charge is 2.21. The summed E-state index contributed by atoms with van der Waals surface area (Å²) >= 11 is 0. The molecule has 0 spiro atoms. The molecule has 5 heteroatoms. The maximum atomic E-state index is 11.1. The van der Waals surface area contributed by atoms with Crippen molar-refractivity contribution in [2.75, 3.05) is 6.61 Å². The molecule has 0 aliphatic rings. The second-order valence-corrected chi connectivity index (χ2v) is 7.73.